The lowest BCUT2D eigenvalue weighted by Gasteiger charge is -2.07. The Morgan fingerprint density at radius 3 is 2.68 bits per heavy atom. The maximum atomic E-state index is 12.7. The Kier molecular flexibility index (Phi) is 5.57. The first-order valence-electron chi connectivity index (χ1n) is 10.4. The van der Waals surface area contributed by atoms with Gasteiger partial charge in [-0.3, -0.25) is 14.6 Å². The van der Waals surface area contributed by atoms with E-state index in [2.05, 4.69) is 25.7 Å². The van der Waals surface area contributed by atoms with Crippen LogP contribution in [0.1, 0.15) is 26.5 Å². The molecule has 2 amide bonds. The number of hydrogen-bond acceptors (Lipinski definition) is 4. The van der Waals surface area contributed by atoms with Gasteiger partial charge in [0, 0.05) is 39.1 Å². The van der Waals surface area contributed by atoms with Gasteiger partial charge in [0.25, 0.3) is 11.8 Å². The molecule has 3 heterocycles. The highest BCUT2D eigenvalue weighted by Crippen LogP contribution is 2.21. The number of rotatable bonds is 5. The number of carbonyl (C=O) groups excluding carboxylic acids is 2. The van der Waals surface area contributed by atoms with Crippen LogP contribution in [0.2, 0.25) is 5.02 Å². The molecule has 0 radical (unpaired) electrons. The number of nitrogens with zero attached hydrogens (tertiary/aromatic N) is 3. The highest BCUT2D eigenvalue weighted by Gasteiger charge is 2.13. The van der Waals surface area contributed by atoms with Gasteiger partial charge >= 0.3 is 0 Å². The van der Waals surface area contributed by atoms with Gasteiger partial charge in [0.15, 0.2) is 0 Å². The van der Waals surface area contributed by atoms with Crippen molar-refractivity contribution < 1.29 is 9.59 Å². The van der Waals surface area contributed by atoms with E-state index in [-0.39, 0.29) is 11.8 Å². The summed E-state index contributed by atoms with van der Waals surface area (Å²) in [6, 6.07) is 17.7. The van der Waals surface area contributed by atoms with Crippen LogP contribution in [0, 0.1) is 6.92 Å². The van der Waals surface area contributed by atoms with Crippen LogP contribution >= 0.6 is 11.6 Å². The minimum atomic E-state index is -0.298. The fraction of sp³-hybridized carbons (Fsp3) is 0.0400. The zero-order chi connectivity index (χ0) is 23.7. The van der Waals surface area contributed by atoms with Crippen LogP contribution in [0.15, 0.2) is 79.3 Å². The molecule has 5 rings (SSSR count). The van der Waals surface area contributed by atoms with Gasteiger partial charge in [-0.2, -0.15) is 5.10 Å². The molecule has 0 saturated carbocycles. The second-order valence-corrected chi connectivity index (χ2v) is 8.17. The number of benzene rings is 2. The Morgan fingerprint density at radius 1 is 0.971 bits per heavy atom. The predicted octanol–water partition coefficient (Wildman–Crippen LogP) is 5.22. The molecule has 0 spiro atoms. The third-order valence-corrected chi connectivity index (χ3v) is 5.43. The fourth-order valence-corrected chi connectivity index (χ4v) is 3.75. The van der Waals surface area contributed by atoms with Crippen molar-refractivity contribution in [3.8, 4) is 5.69 Å². The van der Waals surface area contributed by atoms with Gasteiger partial charge in [0.05, 0.1) is 23.8 Å². The van der Waals surface area contributed by atoms with Crippen LogP contribution in [-0.2, 0) is 0 Å². The van der Waals surface area contributed by atoms with E-state index in [1.165, 1.54) is 0 Å². The molecule has 0 aliphatic heterocycles. The number of halogens is 1. The number of aryl methyl sites for hydroxylation is 1. The van der Waals surface area contributed by atoms with Gasteiger partial charge in [-0.1, -0.05) is 17.7 Å². The van der Waals surface area contributed by atoms with E-state index in [0.717, 1.165) is 16.6 Å². The van der Waals surface area contributed by atoms with Crippen LogP contribution in [0.3, 0.4) is 0 Å². The zero-order valence-electron chi connectivity index (χ0n) is 18.0. The van der Waals surface area contributed by atoms with E-state index in [0.29, 0.717) is 33.3 Å². The van der Waals surface area contributed by atoms with E-state index < -0.39 is 0 Å². The molecule has 9 heteroatoms. The van der Waals surface area contributed by atoms with Gasteiger partial charge in [-0.25, -0.2) is 4.68 Å². The van der Waals surface area contributed by atoms with Gasteiger partial charge in [0.2, 0.25) is 0 Å². The Hall–Kier alpha value is -4.43. The van der Waals surface area contributed by atoms with Crippen molar-refractivity contribution >= 4 is 45.7 Å². The van der Waals surface area contributed by atoms with Gasteiger partial charge in [-0.05, 0) is 61.5 Å². The topological polar surface area (TPSA) is 105 Å². The van der Waals surface area contributed by atoms with Crippen LogP contribution in [-0.4, -0.2) is 31.6 Å². The molecule has 3 aromatic heterocycles. The molecule has 34 heavy (non-hydrogen) atoms. The number of anilines is 2. The largest absolute Gasteiger partial charge is 0.351 e. The van der Waals surface area contributed by atoms with Crippen LogP contribution in [0.4, 0.5) is 11.4 Å². The Bertz CT molecular complexity index is 1540. The third-order valence-electron chi connectivity index (χ3n) is 5.20. The van der Waals surface area contributed by atoms with E-state index in [1.807, 2.05) is 19.1 Å². The standard InChI is InChI=1S/C25H19ClN6O2/c1-15-9-19(7-8-27-15)29-24(33)16-3-2-4-21(11-16)32-14-20(13-28-32)30-25(34)23-12-17-10-18(26)5-6-22(17)31-23/h2-14,31H,1H3,(H,30,34)(H,27,29,33). The number of pyridine rings is 1. The normalized spacial score (nSPS) is 10.9. The minimum absolute atomic E-state index is 0.243. The number of nitrogens with one attached hydrogen (secondary N) is 3. The average Bonchev–Trinajstić information content (AvgIpc) is 3.46. The highest BCUT2D eigenvalue weighted by molar-refractivity contribution is 6.31. The molecule has 0 aliphatic carbocycles. The number of carbonyl (C=O) groups is 2. The molecule has 0 fully saturated rings. The maximum absolute atomic E-state index is 12.7. The summed E-state index contributed by atoms with van der Waals surface area (Å²) in [4.78, 5) is 32.6. The quantitative estimate of drug-likeness (QED) is 0.327. The van der Waals surface area contributed by atoms with E-state index in [1.54, 1.807) is 71.8 Å². The monoisotopic (exact) mass is 470 g/mol. The summed E-state index contributed by atoms with van der Waals surface area (Å²) in [5, 5.41) is 11.5. The van der Waals surface area contributed by atoms with Crippen molar-refractivity contribution in [3.63, 3.8) is 0 Å². The molecule has 168 valence electrons. The summed E-state index contributed by atoms with van der Waals surface area (Å²) >= 11 is 6.02. The van der Waals surface area contributed by atoms with E-state index in [9.17, 15) is 9.59 Å². The van der Waals surface area contributed by atoms with Gasteiger partial charge in [-0.15, -0.1) is 0 Å². The van der Waals surface area contributed by atoms with E-state index >= 15 is 0 Å². The molecule has 8 nitrogen and oxygen atoms in total. The van der Waals surface area contributed by atoms with Crippen LogP contribution in [0.25, 0.3) is 16.6 Å². The minimum Gasteiger partial charge on any atom is -0.351 e. The van der Waals surface area contributed by atoms with Gasteiger partial charge < -0.3 is 15.6 Å². The Morgan fingerprint density at radius 2 is 1.82 bits per heavy atom. The molecule has 2 aromatic carbocycles. The first-order chi connectivity index (χ1) is 16.4. The zero-order valence-corrected chi connectivity index (χ0v) is 18.8. The first kappa shape index (κ1) is 21.4. The molecule has 3 N–H and O–H groups in total. The Balaban J connectivity index is 1.31. The third kappa shape index (κ3) is 4.53. The summed E-state index contributed by atoms with van der Waals surface area (Å²) in [6.07, 6.45) is 4.87. The summed E-state index contributed by atoms with van der Waals surface area (Å²) in [6.45, 7) is 1.86. The molecule has 0 saturated heterocycles. The van der Waals surface area contributed by atoms with Crippen molar-refractivity contribution in [3.05, 3.63) is 101 Å². The average molecular weight is 471 g/mol. The second kappa shape index (κ2) is 8.84. The van der Waals surface area contributed by atoms with Crippen LogP contribution < -0.4 is 10.6 Å². The van der Waals surface area contributed by atoms with Crippen LogP contribution in [0.5, 0.6) is 0 Å². The van der Waals surface area contributed by atoms with Crippen molar-refractivity contribution in [2.45, 2.75) is 6.92 Å². The molecule has 0 bridgehead atoms. The smallest absolute Gasteiger partial charge is 0.272 e. The molecule has 0 unspecified atom stereocenters. The molecule has 0 aliphatic rings. The van der Waals surface area contributed by atoms with E-state index in [4.69, 9.17) is 11.6 Å². The van der Waals surface area contributed by atoms with Crippen molar-refractivity contribution in [2.75, 3.05) is 10.6 Å². The fourth-order valence-electron chi connectivity index (χ4n) is 3.57. The number of aromatic nitrogens is 4. The number of fused-ring (bicyclic) bond motifs is 1. The molecular formula is C25H19ClN6O2. The summed E-state index contributed by atoms with van der Waals surface area (Å²) in [5.74, 6) is -0.542. The summed E-state index contributed by atoms with van der Waals surface area (Å²) < 4.78 is 1.59. The second-order valence-electron chi connectivity index (χ2n) is 7.73. The maximum Gasteiger partial charge on any atom is 0.272 e. The first-order valence-corrected chi connectivity index (χ1v) is 10.8. The van der Waals surface area contributed by atoms with Crippen molar-refractivity contribution in [1.29, 1.82) is 0 Å². The predicted molar refractivity (Wildman–Crippen MR) is 132 cm³/mol. The summed E-state index contributed by atoms with van der Waals surface area (Å²) in [5.41, 5.74) is 4.39. The number of aromatic amines is 1. The van der Waals surface area contributed by atoms with Crippen molar-refractivity contribution in [1.82, 2.24) is 19.7 Å². The summed E-state index contributed by atoms with van der Waals surface area (Å²) in [7, 11) is 0. The molecule has 5 aromatic rings. The number of amides is 2. The lowest BCUT2D eigenvalue weighted by Crippen LogP contribution is -2.12. The number of hydrogen-bond donors (Lipinski definition) is 3. The number of H-pyrrole nitrogens is 1. The molecule has 0 atom stereocenters. The Labute approximate surface area is 199 Å². The SMILES string of the molecule is Cc1cc(NC(=O)c2cccc(-n3cc(NC(=O)c4cc5cc(Cl)ccc5[nH]4)cn3)c2)ccn1. The van der Waals surface area contributed by atoms with Gasteiger partial charge in [0.1, 0.15) is 5.69 Å². The highest BCUT2D eigenvalue weighted by atomic mass is 35.5. The lowest BCUT2D eigenvalue weighted by atomic mass is 10.2. The molecular weight excluding hydrogens is 452 g/mol. The van der Waals surface area contributed by atoms with Crippen molar-refractivity contribution in [2.24, 2.45) is 0 Å². The lowest BCUT2D eigenvalue weighted by molar-refractivity contribution is 0.101.